The highest BCUT2D eigenvalue weighted by Crippen LogP contribution is 2.58. The molecule has 0 amide bonds. The number of rotatable bonds is 3. The lowest BCUT2D eigenvalue weighted by atomic mass is 9.67. The topological polar surface area (TPSA) is 0 Å². The van der Waals surface area contributed by atoms with Crippen molar-refractivity contribution in [2.45, 2.75) is 5.41 Å². The molecule has 0 heterocycles. The minimum atomic E-state index is -0.405. The summed E-state index contributed by atoms with van der Waals surface area (Å²) in [6.45, 7) is 0. The summed E-state index contributed by atoms with van der Waals surface area (Å²) in [5.41, 5.74) is 9.98. The zero-order valence-electron chi connectivity index (χ0n) is 19.7. The average Bonchev–Trinajstić information content (AvgIpc) is 3.24. The number of halogens is 1. The standard InChI is InChI=1S/C35H23Br/c36-27-21-22-31-33(23-27)35(25-13-3-1-4-14-25,26-15-5-2-6-16-26)32-20-10-19-30(34(31)32)29-18-9-12-24-11-7-8-17-28(24)29/h1-23H. The van der Waals surface area contributed by atoms with Gasteiger partial charge in [-0.3, -0.25) is 0 Å². The second kappa shape index (κ2) is 8.33. The molecule has 0 radical (unpaired) electrons. The maximum Gasteiger partial charge on any atom is 0.0714 e. The van der Waals surface area contributed by atoms with Crippen molar-refractivity contribution < 1.29 is 0 Å². The lowest BCUT2D eigenvalue weighted by molar-refractivity contribution is 0.768. The van der Waals surface area contributed by atoms with Crippen LogP contribution in [0.2, 0.25) is 0 Å². The summed E-state index contributed by atoms with van der Waals surface area (Å²) in [5, 5.41) is 2.54. The van der Waals surface area contributed by atoms with E-state index in [1.54, 1.807) is 0 Å². The first-order valence-electron chi connectivity index (χ1n) is 12.3. The molecule has 0 atom stereocenters. The van der Waals surface area contributed by atoms with Crippen molar-refractivity contribution in [1.29, 1.82) is 0 Å². The number of fused-ring (bicyclic) bond motifs is 4. The maximum atomic E-state index is 3.80. The van der Waals surface area contributed by atoms with Crippen LogP contribution in [0.4, 0.5) is 0 Å². The number of hydrogen-bond donors (Lipinski definition) is 0. The predicted octanol–water partition coefficient (Wildman–Crippen LogP) is 9.63. The van der Waals surface area contributed by atoms with Gasteiger partial charge in [-0.1, -0.05) is 143 Å². The Hall–Kier alpha value is -3.94. The van der Waals surface area contributed by atoms with Crippen molar-refractivity contribution >= 4 is 26.7 Å². The molecular formula is C35H23Br. The fraction of sp³-hybridized carbons (Fsp3) is 0.0286. The summed E-state index contributed by atoms with van der Waals surface area (Å²) in [7, 11) is 0. The Kier molecular flexibility index (Phi) is 4.94. The molecule has 170 valence electrons. The van der Waals surface area contributed by atoms with Crippen molar-refractivity contribution in [1.82, 2.24) is 0 Å². The number of hydrogen-bond acceptors (Lipinski definition) is 0. The lowest BCUT2D eigenvalue weighted by Gasteiger charge is -2.34. The molecular weight excluding hydrogens is 500 g/mol. The van der Waals surface area contributed by atoms with Crippen LogP contribution in [0.5, 0.6) is 0 Å². The first kappa shape index (κ1) is 21.4. The van der Waals surface area contributed by atoms with E-state index < -0.39 is 5.41 Å². The largest absolute Gasteiger partial charge is 0.0714 e. The van der Waals surface area contributed by atoms with Gasteiger partial charge in [-0.05, 0) is 67.4 Å². The monoisotopic (exact) mass is 522 g/mol. The van der Waals surface area contributed by atoms with Crippen molar-refractivity contribution in [3.05, 3.63) is 166 Å². The zero-order valence-corrected chi connectivity index (χ0v) is 21.2. The molecule has 0 N–H and O–H groups in total. The van der Waals surface area contributed by atoms with Crippen LogP contribution in [-0.2, 0) is 5.41 Å². The van der Waals surface area contributed by atoms with E-state index in [0.717, 1.165) is 4.47 Å². The molecule has 0 unspecified atom stereocenters. The van der Waals surface area contributed by atoms with Crippen molar-refractivity contribution in [2.75, 3.05) is 0 Å². The van der Waals surface area contributed by atoms with E-state index in [1.165, 1.54) is 55.3 Å². The molecule has 0 aromatic heterocycles. The third-order valence-electron chi connectivity index (χ3n) is 7.62. The third-order valence-corrected chi connectivity index (χ3v) is 8.11. The van der Waals surface area contributed by atoms with Gasteiger partial charge in [0.05, 0.1) is 5.41 Å². The SMILES string of the molecule is Brc1ccc2c(c1)C(c1ccccc1)(c1ccccc1)c1cccc(-c3cccc4ccccc34)c1-2. The minimum Gasteiger partial charge on any atom is -0.0622 e. The molecule has 0 fully saturated rings. The normalized spacial score (nSPS) is 13.4. The van der Waals surface area contributed by atoms with Gasteiger partial charge in [0, 0.05) is 4.47 Å². The molecule has 0 nitrogen and oxygen atoms in total. The van der Waals surface area contributed by atoms with Crippen molar-refractivity contribution in [3.8, 4) is 22.3 Å². The summed E-state index contributed by atoms with van der Waals surface area (Å²) in [6, 6.07) is 50.9. The summed E-state index contributed by atoms with van der Waals surface area (Å²) in [6.07, 6.45) is 0. The molecule has 0 bridgehead atoms. The second-order valence-corrected chi connectivity index (χ2v) is 10.3. The molecule has 7 rings (SSSR count). The Bertz CT molecular complexity index is 1690. The molecule has 1 heteroatoms. The Labute approximate surface area is 220 Å². The molecule has 6 aromatic carbocycles. The summed E-state index contributed by atoms with van der Waals surface area (Å²) < 4.78 is 1.09. The van der Waals surface area contributed by atoms with Crippen molar-refractivity contribution in [3.63, 3.8) is 0 Å². The van der Waals surface area contributed by atoms with Gasteiger partial charge < -0.3 is 0 Å². The zero-order chi connectivity index (χ0) is 24.1. The quantitative estimate of drug-likeness (QED) is 0.216. The smallest absolute Gasteiger partial charge is 0.0622 e. The van der Waals surface area contributed by atoms with Gasteiger partial charge in [0.1, 0.15) is 0 Å². The van der Waals surface area contributed by atoms with Crippen LogP contribution < -0.4 is 0 Å². The highest BCUT2D eigenvalue weighted by atomic mass is 79.9. The van der Waals surface area contributed by atoms with E-state index in [4.69, 9.17) is 0 Å². The summed E-state index contributed by atoms with van der Waals surface area (Å²) in [4.78, 5) is 0. The Morgan fingerprint density at radius 1 is 0.444 bits per heavy atom. The van der Waals surface area contributed by atoms with E-state index >= 15 is 0 Å². The fourth-order valence-corrected chi connectivity index (χ4v) is 6.56. The molecule has 6 aromatic rings. The minimum absolute atomic E-state index is 0.405. The molecule has 1 aliphatic rings. The maximum absolute atomic E-state index is 3.80. The molecule has 0 saturated carbocycles. The van der Waals surface area contributed by atoms with Crippen LogP contribution in [0.1, 0.15) is 22.3 Å². The summed E-state index contributed by atoms with van der Waals surface area (Å²) >= 11 is 3.80. The molecule has 1 aliphatic carbocycles. The van der Waals surface area contributed by atoms with E-state index in [2.05, 4.69) is 155 Å². The molecule has 0 spiro atoms. The van der Waals surface area contributed by atoms with Gasteiger partial charge >= 0.3 is 0 Å². The van der Waals surface area contributed by atoms with Crippen LogP contribution in [0.25, 0.3) is 33.0 Å². The van der Waals surface area contributed by atoms with Crippen LogP contribution in [0.3, 0.4) is 0 Å². The van der Waals surface area contributed by atoms with Crippen LogP contribution >= 0.6 is 15.9 Å². The van der Waals surface area contributed by atoms with Gasteiger partial charge in [-0.2, -0.15) is 0 Å². The lowest BCUT2D eigenvalue weighted by Crippen LogP contribution is -2.28. The van der Waals surface area contributed by atoms with Gasteiger partial charge in [0.2, 0.25) is 0 Å². The van der Waals surface area contributed by atoms with E-state index in [1.807, 2.05) is 0 Å². The van der Waals surface area contributed by atoms with Crippen LogP contribution in [-0.4, -0.2) is 0 Å². The number of benzene rings is 6. The van der Waals surface area contributed by atoms with Crippen LogP contribution in [0, 0.1) is 0 Å². The average molecular weight is 523 g/mol. The Morgan fingerprint density at radius 2 is 1.06 bits per heavy atom. The van der Waals surface area contributed by atoms with Gasteiger partial charge in [-0.25, -0.2) is 0 Å². The highest BCUT2D eigenvalue weighted by Gasteiger charge is 2.47. The molecule has 0 saturated heterocycles. The van der Waals surface area contributed by atoms with E-state index in [9.17, 15) is 0 Å². The fourth-order valence-electron chi connectivity index (χ4n) is 6.19. The highest BCUT2D eigenvalue weighted by molar-refractivity contribution is 9.10. The first-order chi connectivity index (χ1) is 17.8. The van der Waals surface area contributed by atoms with Gasteiger partial charge in [0.25, 0.3) is 0 Å². The Balaban J connectivity index is 1.66. The molecule has 36 heavy (non-hydrogen) atoms. The predicted molar refractivity (Wildman–Crippen MR) is 154 cm³/mol. The second-order valence-electron chi connectivity index (χ2n) is 9.43. The third kappa shape index (κ3) is 3.00. The van der Waals surface area contributed by atoms with Crippen molar-refractivity contribution in [2.24, 2.45) is 0 Å². The van der Waals surface area contributed by atoms with Gasteiger partial charge in [-0.15, -0.1) is 0 Å². The van der Waals surface area contributed by atoms with Crippen LogP contribution in [0.15, 0.2) is 144 Å². The molecule has 0 aliphatic heterocycles. The Morgan fingerprint density at radius 3 is 1.81 bits per heavy atom. The van der Waals surface area contributed by atoms with E-state index in [-0.39, 0.29) is 0 Å². The summed E-state index contributed by atoms with van der Waals surface area (Å²) in [5.74, 6) is 0. The van der Waals surface area contributed by atoms with Gasteiger partial charge in [0.15, 0.2) is 0 Å². The van der Waals surface area contributed by atoms with E-state index in [0.29, 0.717) is 0 Å². The first-order valence-corrected chi connectivity index (χ1v) is 13.1.